The SMILES string of the molecule is CNC(C)CNC(=O)Cc1csc(-c2ccc(OC)c(OC)c2)n1. The van der Waals surface area contributed by atoms with E-state index in [2.05, 4.69) is 15.6 Å². The van der Waals surface area contributed by atoms with Crippen LogP contribution in [-0.4, -0.2) is 44.7 Å². The predicted molar refractivity (Wildman–Crippen MR) is 95.9 cm³/mol. The van der Waals surface area contributed by atoms with Gasteiger partial charge in [-0.05, 0) is 32.2 Å². The number of hydrogen-bond donors (Lipinski definition) is 2. The number of thiazole rings is 1. The molecule has 24 heavy (non-hydrogen) atoms. The molecule has 2 N–H and O–H groups in total. The highest BCUT2D eigenvalue weighted by molar-refractivity contribution is 7.13. The number of amides is 1. The molecule has 0 saturated carbocycles. The first-order chi connectivity index (χ1) is 11.6. The molecule has 0 radical (unpaired) electrons. The van der Waals surface area contributed by atoms with E-state index >= 15 is 0 Å². The first-order valence-electron chi connectivity index (χ1n) is 7.68. The van der Waals surface area contributed by atoms with Crippen molar-refractivity contribution in [3.05, 3.63) is 29.3 Å². The van der Waals surface area contributed by atoms with E-state index in [0.29, 0.717) is 18.0 Å². The summed E-state index contributed by atoms with van der Waals surface area (Å²) in [7, 11) is 5.07. The molecule has 0 bridgehead atoms. The molecule has 0 spiro atoms. The van der Waals surface area contributed by atoms with Gasteiger partial charge in [-0.15, -0.1) is 11.3 Å². The molecule has 1 heterocycles. The van der Waals surface area contributed by atoms with E-state index in [9.17, 15) is 4.79 Å². The van der Waals surface area contributed by atoms with Crippen LogP contribution in [0.15, 0.2) is 23.6 Å². The topological polar surface area (TPSA) is 72.5 Å². The molecular weight excluding hydrogens is 326 g/mol. The van der Waals surface area contributed by atoms with Gasteiger partial charge in [-0.2, -0.15) is 0 Å². The molecule has 1 aromatic carbocycles. The van der Waals surface area contributed by atoms with Gasteiger partial charge in [0.2, 0.25) is 5.91 Å². The van der Waals surface area contributed by atoms with Crippen molar-refractivity contribution in [2.24, 2.45) is 0 Å². The van der Waals surface area contributed by atoms with Gasteiger partial charge in [-0.3, -0.25) is 4.79 Å². The number of likely N-dealkylation sites (N-methyl/N-ethyl adjacent to an activating group) is 1. The smallest absolute Gasteiger partial charge is 0.226 e. The fourth-order valence-corrected chi connectivity index (χ4v) is 2.90. The van der Waals surface area contributed by atoms with E-state index in [4.69, 9.17) is 9.47 Å². The number of nitrogens with one attached hydrogen (secondary N) is 2. The largest absolute Gasteiger partial charge is 0.493 e. The third kappa shape index (κ3) is 4.69. The minimum atomic E-state index is -0.0266. The van der Waals surface area contributed by atoms with Crippen molar-refractivity contribution in [1.29, 1.82) is 0 Å². The van der Waals surface area contributed by atoms with E-state index in [1.54, 1.807) is 14.2 Å². The highest BCUT2D eigenvalue weighted by atomic mass is 32.1. The fraction of sp³-hybridized carbons (Fsp3) is 0.412. The molecule has 1 atom stereocenters. The Morgan fingerprint density at radius 2 is 2.04 bits per heavy atom. The first-order valence-corrected chi connectivity index (χ1v) is 8.56. The minimum Gasteiger partial charge on any atom is -0.493 e. The number of rotatable bonds is 8. The lowest BCUT2D eigenvalue weighted by Crippen LogP contribution is -2.37. The standard InChI is InChI=1S/C17H23N3O3S/c1-11(18-2)9-19-16(21)8-13-10-24-17(20-13)12-5-6-14(22-3)15(7-12)23-4/h5-7,10-11,18H,8-9H2,1-4H3,(H,19,21). The first kappa shape index (κ1) is 18.2. The van der Waals surface area contributed by atoms with Crippen molar-refractivity contribution in [1.82, 2.24) is 15.6 Å². The number of hydrogen-bond acceptors (Lipinski definition) is 6. The van der Waals surface area contributed by atoms with Crippen LogP contribution in [0.25, 0.3) is 10.6 Å². The average Bonchev–Trinajstić information content (AvgIpc) is 3.07. The summed E-state index contributed by atoms with van der Waals surface area (Å²) in [6.45, 7) is 2.61. The van der Waals surface area contributed by atoms with Crippen molar-refractivity contribution >= 4 is 17.2 Å². The fourth-order valence-electron chi connectivity index (χ4n) is 2.09. The molecule has 6 nitrogen and oxygen atoms in total. The Hall–Kier alpha value is -2.12. The van der Waals surface area contributed by atoms with E-state index < -0.39 is 0 Å². The van der Waals surface area contributed by atoms with Gasteiger partial charge in [0.15, 0.2) is 11.5 Å². The zero-order valence-corrected chi connectivity index (χ0v) is 15.2. The number of benzene rings is 1. The Labute approximate surface area is 146 Å². The van der Waals surface area contributed by atoms with Gasteiger partial charge in [0.25, 0.3) is 0 Å². The molecular formula is C17H23N3O3S. The molecule has 0 aliphatic heterocycles. The summed E-state index contributed by atoms with van der Waals surface area (Å²) in [5.41, 5.74) is 1.70. The number of methoxy groups -OCH3 is 2. The molecule has 130 valence electrons. The van der Waals surface area contributed by atoms with Gasteiger partial charge >= 0.3 is 0 Å². The lowest BCUT2D eigenvalue weighted by atomic mass is 10.2. The molecule has 1 amide bonds. The van der Waals surface area contributed by atoms with Gasteiger partial charge in [-0.1, -0.05) is 0 Å². The van der Waals surface area contributed by atoms with Gasteiger partial charge in [0, 0.05) is 23.5 Å². The Balaban J connectivity index is 2.04. The second-order valence-corrected chi connectivity index (χ2v) is 6.24. The zero-order valence-electron chi connectivity index (χ0n) is 14.4. The Kier molecular flexibility index (Phi) is 6.57. The summed E-state index contributed by atoms with van der Waals surface area (Å²) < 4.78 is 10.6. The highest BCUT2D eigenvalue weighted by Crippen LogP contribution is 2.33. The van der Waals surface area contributed by atoms with Crippen LogP contribution in [0, 0.1) is 0 Å². The molecule has 0 aliphatic rings. The third-order valence-electron chi connectivity index (χ3n) is 3.62. The van der Waals surface area contributed by atoms with Gasteiger partial charge in [0.05, 0.1) is 26.3 Å². The molecule has 1 unspecified atom stereocenters. The van der Waals surface area contributed by atoms with Crippen LogP contribution >= 0.6 is 11.3 Å². The monoisotopic (exact) mass is 349 g/mol. The van der Waals surface area contributed by atoms with Crippen LogP contribution in [0.2, 0.25) is 0 Å². The van der Waals surface area contributed by atoms with E-state index in [-0.39, 0.29) is 18.4 Å². The van der Waals surface area contributed by atoms with E-state index in [1.807, 2.05) is 37.6 Å². The summed E-state index contributed by atoms with van der Waals surface area (Å²) in [5.74, 6) is 1.31. The van der Waals surface area contributed by atoms with Crippen molar-refractivity contribution < 1.29 is 14.3 Å². The summed E-state index contributed by atoms with van der Waals surface area (Å²) in [4.78, 5) is 16.5. The molecule has 2 rings (SSSR count). The van der Waals surface area contributed by atoms with Crippen LogP contribution in [0.1, 0.15) is 12.6 Å². The Morgan fingerprint density at radius 3 is 2.71 bits per heavy atom. The molecule has 0 aliphatic carbocycles. The van der Waals surface area contributed by atoms with Crippen LogP contribution < -0.4 is 20.1 Å². The van der Waals surface area contributed by atoms with Crippen LogP contribution in [0.3, 0.4) is 0 Å². The number of ether oxygens (including phenoxy) is 2. The van der Waals surface area contributed by atoms with Crippen LogP contribution in [-0.2, 0) is 11.2 Å². The molecule has 0 saturated heterocycles. The summed E-state index contributed by atoms with van der Waals surface area (Å²) in [6, 6.07) is 5.90. The predicted octanol–water partition coefficient (Wildman–Crippen LogP) is 2.09. The van der Waals surface area contributed by atoms with Crippen molar-refractivity contribution in [3.63, 3.8) is 0 Å². The van der Waals surface area contributed by atoms with Crippen molar-refractivity contribution in [3.8, 4) is 22.1 Å². The number of carbonyl (C=O) groups is 1. The maximum atomic E-state index is 12.0. The lowest BCUT2D eigenvalue weighted by molar-refractivity contribution is -0.120. The van der Waals surface area contributed by atoms with Crippen molar-refractivity contribution in [2.45, 2.75) is 19.4 Å². The summed E-state index contributed by atoms with van der Waals surface area (Å²) >= 11 is 1.51. The van der Waals surface area contributed by atoms with Crippen molar-refractivity contribution in [2.75, 3.05) is 27.8 Å². The number of carbonyl (C=O) groups excluding carboxylic acids is 1. The Bertz CT molecular complexity index is 687. The second kappa shape index (κ2) is 8.65. The second-order valence-electron chi connectivity index (χ2n) is 5.38. The molecule has 1 aromatic heterocycles. The van der Waals surface area contributed by atoms with E-state index in [0.717, 1.165) is 16.3 Å². The van der Waals surface area contributed by atoms with Gasteiger partial charge in [0.1, 0.15) is 5.01 Å². The molecule has 0 fully saturated rings. The minimum absolute atomic E-state index is 0.0266. The number of nitrogens with zero attached hydrogens (tertiary/aromatic N) is 1. The lowest BCUT2D eigenvalue weighted by Gasteiger charge is -2.10. The maximum Gasteiger partial charge on any atom is 0.226 e. The molecule has 2 aromatic rings. The average molecular weight is 349 g/mol. The Morgan fingerprint density at radius 1 is 1.29 bits per heavy atom. The summed E-state index contributed by atoms with van der Waals surface area (Å²) in [5, 5.41) is 8.73. The van der Waals surface area contributed by atoms with Crippen LogP contribution in [0.4, 0.5) is 0 Å². The van der Waals surface area contributed by atoms with E-state index in [1.165, 1.54) is 11.3 Å². The quantitative estimate of drug-likeness (QED) is 0.763. The number of aromatic nitrogens is 1. The highest BCUT2D eigenvalue weighted by Gasteiger charge is 2.12. The molecule has 7 heteroatoms. The van der Waals surface area contributed by atoms with Crippen LogP contribution in [0.5, 0.6) is 11.5 Å². The van der Waals surface area contributed by atoms with Gasteiger partial charge in [-0.25, -0.2) is 4.98 Å². The summed E-state index contributed by atoms with van der Waals surface area (Å²) in [6.07, 6.45) is 0.278. The zero-order chi connectivity index (χ0) is 17.5. The normalized spacial score (nSPS) is 11.8. The maximum absolute atomic E-state index is 12.0. The van der Waals surface area contributed by atoms with Gasteiger partial charge < -0.3 is 20.1 Å². The third-order valence-corrected chi connectivity index (χ3v) is 4.56.